The van der Waals surface area contributed by atoms with Gasteiger partial charge in [0, 0.05) is 18.8 Å². The summed E-state index contributed by atoms with van der Waals surface area (Å²) in [5.41, 5.74) is -0.298. The molecule has 0 saturated carbocycles. The molecular formula is C15H12ClF3N2O2. The quantitative estimate of drug-likeness (QED) is 0.861. The number of amides is 1. The molecule has 1 aromatic heterocycles. The number of carbonyl (C=O) groups is 1. The molecule has 0 saturated heterocycles. The smallest absolute Gasteiger partial charge is 0.416 e. The van der Waals surface area contributed by atoms with Crippen LogP contribution < -0.4 is 10.1 Å². The van der Waals surface area contributed by atoms with Crippen LogP contribution in [0.2, 0.25) is 5.15 Å². The molecule has 122 valence electrons. The fraction of sp³-hybridized carbons (Fsp3) is 0.200. The Balaban J connectivity index is 2.11. The first-order chi connectivity index (χ1) is 10.8. The largest absolute Gasteiger partial charge is 0.496 e. The number of benzene rings is 1. The minimum Gasteiger partial charge on any atom is -0.496 e. The second-order valence-electron chi connectivity index (χ2n) is 4.59. The van der Waals surface area contributed by atoms with Gasteiger partial charge < -0.3 is 10.1 Å². The van der Waals surface area contributed by atoms with E-state index in [-0.39, 0.29) is 23.0 Å². The molecule has 8 heteroatoms. The first kappa shape index (κ1) is 17.1. The fourth-order valence-electron chi connectivity index (χ4n) is 1.89. The van der Waals surface area contributed by atoms with Crippen LogP contribution in [0.5, 0.6) is 5.75 Å². The summed E-state index contributed by atoms with van der Waals surface area (Å²) < 4.78 is 43.0. The van der Waals surface area contributed by atoms with Crippen molar-refractivity contribution in [1.29, 1.82) is 0 Å². The molecule has 0 aliphatic carbocycles. The lowest BCUT2D eigenvalue weighted by molar-refractivity contribution is -0.137. The van der Waals surface area contributed by atoms with Crippen LogP contribution in [-0.4, -0.2) is 18.0 Å². The number of ether oxygens (including phenoxy) is 1. The van der Waals surface area contributed by atoms with E-state index in [2.05, 4.69) is 10.3 Å². The third-order valence-corrected chi connectivity index (χ3v) is 3.21. The average Bonchev–Trinajstić information content (AvgIpc) is 2.52. The van der Waals surface area contributed by atoms with Crippen molar-refractivity contribution in [3.05, 3.63) is 58.4 Å². The summed E-state index contributed by atoms with van der Waals surface area (Å²) >= 11 is 5.70. The lowest BCUT2D eigenvalue weighted by Crippen LogP contribution is -2.23. The number of pyridine rings is 1. The Bertz CT molecular complexity index is 720. The van der Waals surface area contributed by atoms with E-state index < -0.39 is 17.6 Å². The molecule has 0 spiro atoms. The van der Waals surface area contributed by atoms with Crippen LogP contribution in [0.25, 0.3) is 0 Å². The van der Waals surface area contributed by atoms with E-state index in [1.807, 2.05) is 0 Å². The Labute approximate surface area is 135 Å². The number of hydrogen-bond donors (Lipinski definition) is 1. The lowest BCUT2D eigenvalue weighted by Gasteiger charge is -2.11. The van der Waals surface area contributed by atoms with Gasteiger partial charge in [0.1, 0.15) is 10.9 Å². The highest BCUT2D eigenvalue weighted by atomic mass is 35.5. The number of carbonyl (C=O) groups excluding carboxylic acids is 1. The van der Waals surface area contributed by atoms with E-state index in [1.54, 1.807) is 0 Å². The van der Waals surface area contributed by atoms with E-state index in [4.69, 9.17) is 16.3 Å². The van der Waals surface area contributed by atoms with Gasteiger partial charge in [0.05, 0.1) is 18.2 Å². The van der Waals surface area contributed by atoms with E-state index in [0.29, 0.717) is 5.56 Å². The molecule has 23 heavy (non-hydrogen) atoms. The summed E-state index contributed by atoms with van der Waals surface area (Å²) in [6.07, 6.45) is -3.19. The first-order valence-electron chi connectivity index (χ1n) is 6.45. The average molecular weight is 345 g/mol. The molecule has 0 radical (unpaired) electrons. The summed E-state index contributed by atoms with van der Waals surface area (Å²) in [4.78, 5) is 15.9. The maximum atomic E-state index is 12.6. The van der Waals surface area contributed by atoms with Gasteiger partial charge in [-0.2, -0.15) is 13.2 Å². The monoisotopic (exact) mass is 344 g/mol. The van der Waals surface area contributed by atoms with Crippen molar-refractivity contribution < 1.29 is 22.7 Å². The van der Waals surface area contributed by atoms with Gasteiger partial charge in [0.2, 0.25) is 0 Å². The van der Waals surface area contributed by atoms with E-state index in [0.717, 1.165) is 12.1 Å². The molecule has 1 heterocycles. The minimum absolute atomic E-state index is 0.0610. The van der Waals surface area contributed by atoms with Crippen molar-refractivity contribution in [2.24, 2.45) is 0 Å². The normalized spacial score (nSPS) is 11.2. The van der Waals surface area contributed by atoms with Crippen LogP contribution >= 0.6 is 11.6 Å². The third-order valence-electron chi connectivity index (χ3n) is 3.00. The second kappa shape index (κ2) is 6.87. The summed E-state index contributed by atoms with van der Waals surface area (Å²) in [6, 6.07) is 6.11. The number of aromatic nitrogens is 1. The number of methoxy groups -OCH3 is 1. The lowest BCUT2D eigenvalue weighted by atomic mass is 10.1. The molecule has 0 aliphatic heterocycles. The molecule has 0 unspecified atom stereocenters. The molecule has 2 rings (SSSR count). The Kier molecular flexibility index (Phi) is 5.10. The topological polar surface area (TPSA) is 51.2 Å². The summed E-state index contributed by atoms with van der Waals surface area (Å²) in [5.74, 6) is -0.296. The number of rotatable bonds is 4. The van der Waals surface area contributed by atoms with Crippen molar-refractivity contribution in [2.45, 2.75) is 12.7 Å². The zero-order valence-electron chi connectivity index (χ0n) is 11.9. The molecular weight excluding hydrogens is 333 g/mol. The van der Waals surface area contributed by atoms with Gasteiger partial charge in [0.25, 0.3) is 5.91 Å². The number of nitrogens with zero attached hydrogens (tertiary/aromatic N) is 1. The summed E-state index contributed by atoms with van der Waals surface area (Å²) in [7, 11) is 1.37. The number of nitrogens with one attached hydrogen (secondary N) is 1. The van der Waals surface area contributed by atoms with Gasteiger partial charge in [-0.05, 0) is 17.7 Å². The molecule has 0 atom stereocenters. The van der Waals surface area contributed by atoms with Crippen molar-refractivity contribution in [3.63, 3.8) is 0 Å². The van der Waals surface area contributed by atoms with Crippen LogP contribution in [0.4, 0.5) is 13.2 Å². The zero-order valence-corrected chi connectivity index (χ0v) is 12.7. The van der Waals surface area contributed by atoms with Gasteiger partial charge >= 0.3 is 6.18 Å². The SMILES string of the molecule is COc1cc(Cl)ncc1C(=O)NCc1cccc(C(F)(F)F)c1. The van der Waals surface area contributed by atoms with Crippen LogP contribution in [-0.2, 0) is 12.7 Å². The Morgan fingerprint density at radius 1 is 1.35 bits per heavy atom. The summed E-state index contributed by atoms with van der Waals surface area (Å²) in [5, 5.41) is 2.68. The van der Waals surface area contributed by atoms with E-state index in [9.17, 15) is 18.0 Å². The van der Waals surface area contributed by atoms with Crippen molar-refractivity contribution in [2.75, 3.05) is 7.11 Å². The first-order valence-corrected chi connectivity index (χ1v) is 6.83. The predicted octanol–water partition coefficient (Wildman–Crippen LogP) is 3.69. The highest BCUT2D eigenvalue weighted by molar-refractivity contribution is 6.29. The Hall–Kier alpha value is -2.28. The Morgan fingerprint density at radius 3 is 2.74 bits per heavy atom. The Morgan fingerprint density at radius 2 is 2.09 bits per heavy atom. The van der Waals surface area contributed by atoms with Gasteiger partial charge in [-0.1, -0.05) is 23.7 Å². The van der Waals surface area contributed by atoms with Crippen LogP contribution in [0.15, 0.2) is 36.5 Å². The minimum atomic E-state index is -4.43. The summed E-state index contributed by atoms with van der Waals surface area (Å²) in [6.45, 7) is -0.0610. The zero-order chi connectivity index (χ0) is 17.0. The predicted molar refractivity (Wildman–Crippen MR) is 78.4 cm³/mol. The molecule has 2 aromatic rings. The molecule has 1 amide bonds. The molecule has 1 aromatic carbocycles. The maximum Gasteiger partial charge on any atom is 0.416 e. The highest BCUT2D eigenvalue weighted by Gasteiger charge is 2.30. The molecule has 0 aliphatic rings. The van der Waals surface area contributed by atoms with Crippen LogP contribution in [0.3, 0.4) is 0 Å². The molecule has 0 bridgehead atoms. The molecule has 1 N–H and O–H groups in total. The molecule has 0 fully saturated rings. The second-order valence-corrected chi connectivity index (χ2v) is 4.98. The van der Waals surface area contributed by atoms with Crippen LogP contribution in [0.1, 0.15) is 21.5 Å². The standard InChI is InChI=1S/C15H12ClF3N2O2/c1-23-12-6-13(16)20-8-11(12)14(22)21-7-9-3-2-4-10(5-9)15(17,18)19/h2-6,8H,7H2,1H3,(H,21,22). The van der Waals surface area contributed by atoms with Gasteiger partial charge in [0.15, 0.2) is 0 Å². The van der Waals surface area contributed by atoms with E-state index >= 15 is 0 Å². The van der Waals surface area contributed by atoms with Crippen molar-refractivity contribution in [3.8, 4) is 5.75 Å². The fourth-order valence-corrected chi connectivity index (χ4v) is 2.04. The van der Waals surface area contributed by atoms with E-state index in [1.165, 1.54) is 31.5 Å². The van der Waals surface area contributed by atoms with Gasteiger partial charge in [-0.15, -0.1) is 0 Å². The number of alkyl halides is 3. The van der Waals surface area contributed by atoms with Gasteiger partial charge in [-0.25, -0.2) is 4.98 Å². The number of halogens is 4. The van der Waals surface area contributed by atoms with Gasteiger partial charge in [-0.3, -0.25) is 4.79 Å². The van der Waals surface area contributed by atoms with Crippen molar-refractivity contribution >= 4 is 17.5 Å². The third kappa shape index (κ3) is 4.35. The maximum absolute atomic E-state index is 12.6. The number of hydrogen-bond acceptors (Lipinski definition) is 3. The van der Waals surface area contributed by atoms with Crippen LogP contribution in [0, 0.1) is 0 Å². The molecule has 4 nitrogen and oxygen atoms in total. The van der Waals surface area contributed by atoms with Crippen molar-refractivity contribution in [1.82, 2.24) is 10.3 Å². The highest BCUT2D eigenvalue weighted by Crippen LogP contribution is 2.29.